The molecule has 114 valence electrons. The molecule has 21 heavy (non-hydrogen) atoms. The van der Waals surface area contributed by atoms with Crippen LogP contribution in [0.3, 0.4) is 0 Å². The van der Waals surface area contributed by atoms with Gasteiger partial charge in [-0.25, -0.2) is 4.39 Å². The summed E-state index contributed by atoms with van der Waals surface area (Å²) in [5, 5.41) is 12.3. The van der Waals surface area contributed by atoms with Gasteiger partial charge in [0.15, 0.2) is 0 Å². The molecule has 3 rings (SSSR count). The maximum atomic E-state index is 13.5. The van der Waals surface area contributed by atoms with Gasteiger partial charge in [-0.2, -0.15) is 0 Å². The van der Waals surface area contributed by atoms with Gasteiger partial charge in [0.1, 0.15) is 5.82 Å². The van der Waals surface area contributed by atoms with E-state index in [1.165, 1.54) is 12.1 Å². The molecule has 1 unspecified atom stereocenters. The molecule has 0 bridgehead atoms. The van der Waals surface area contributed by atoms with Gasteiger partial charge in [-0.1, -0.05) is 18.6 Å². The van der Waals surface area contributed by atoms with Crippen LogP contribution in [0.1, 0.15) is 44.1 Å². The molecular formula is C17H22FNO2. The summed E-state index contributed by atoms with van der Waals surface area (Å²) in [5.41, 5.74) is 0.217. The second kappa shape index (κ2) is 5.76. The molecular weight excluding hydrogens is 269 g/mol. The minimum atomic E-state index is -0.565. The van der Waals surface area contributed by atoms with Crippen molar-refractivity contribution in [3.8, 4) is 0 Å². The minimum absolute atomic E-state index is 0.00435. The SMILES string of the molecule is O=C(NC(CCO)C1CC1)C1(c2cccc(F)c2)CCC1. The molecule has 1 aromatic carbocycles. The number of carbonyl (C=O) groups is 1. The Bertz CT molecular complexity index is 523. The van der Waals surface area contributed by atoms with E-state index in [2.05, 4.69) is 5.32 Å². The topological polar surface area (TPSA) is 49.3 Å². The van der Waals surface area contributed by atoms with E-state index in [9.17, 15) is 9.18 Å². The maximum absolute atomic E-state index is 13.5. The third-order valence-electron chi connectivity index (χ3n) is 4.97. The highest BCUT2D eigenvalue weighted by Crippen LogP contribution is 2.45. The van der Waals surface area contributed by atoms with E-state index in [0.29, 0.717) is 12.3 Å². The van der Waals surface area contributed by atoms with Gasteiger partial charge in [0, 0.05) is 12.6 Å². The second-order valence-electron chi connectivity index (χ2n) is 6.38. The lowest BCUT2D eigenvalue weighted by atomic mass is 9.63. The molecule has 0 radical (unpaired) electrons. The number of hydrogen-bond donors (Lipinski definition) is 2. The van der Waals surface area contributed by atoms with Crippen LogP contribution in [0.5, 0.6) is 0 Å². The molecule has 2 N–H and O–H groups in total. The first kappa shape index (κ1) is 14.5. The number of carbonyl (C=O) groups excluding carboxylic acids is 1. The Morgan fingerprint density at radius 1 is 1.43 bits per heavy atom. The van der Waals surface area contributed by atoms with Gasteiger partial charge < -0.3 is 10.4 Å². The van der Waals surface area contributed by atoms with Crippen molar-refractivity contribution in [1.29, 1.82) is 0 Å². The molecule has 0 heterocycles. The Kier molecular flexibility index (Phi) is 3.98. The van der Waals surface area contributed by atoms with Gasteiger partial charge in [-0.3, -0.25) is 4.79 Å². The number of aliphatic hydroxyl groups excluding tert-OH is 1. The molecule has 1 aromatic rings. The van der Waals surface area contributed by atoms with Gasteiger partial charge in [0.05, 0.1) is 5.41 Å². The van der Waals surface area contributed by atoms with Gasteiger partial charge in [0.25, 0.3) is 0 Å². The standard InChI is InChI=1S/C17H22FNO2/c18-14-4-1-3-13(11-14)17(8-2-9-17)16(21)19-15(7-10-20)12-5-6-12/h1,3-4,11-12,15,20H,2,5-10H2,(H,19,21). The summed E-state index contributed by atoms with van der Waals surface area (Å²) in [5.74, 6) is 0.219. The van der Waals surface area contributed by atoms with E-state index in [1.54, 1.807) is 6.07 Å². The summed E-state index contributed by atoms with van der Waals surface area (Å²) in [6.45, 7) is 0.0917. The van der Waals surface area contributed by atoms with Crippen LogP contribution in [0.25, 0.3) is 0 Å². The number of aliphatic hydroxyl groups is 1. The van der Waals surface area contributed by atoms with Crippen LogP contribution in [0.15, 0.2) is 24.3 Å². The van der Waals surface area contributed by atoms with Crippen LogP contribution in [-0.4, -0.2) is 23.7 Å². The first-order valence-electron chi connectivity index (χ1n) is 7.83. The van der Waals surface area contributed by atoms with Crippen molar-refractivity contribution in [3.05, 3.63) is 35.6 Å². The third kappa shape index (κ3) is 2.82. The van der Waals surface area contributed by atoms with Crippen LogP contribution >= 0.6 is 0 Å². The molecule has 2 fully saturated rings. The molecule has 2 aliphatic carbocycles. The highest BCUT2D eigenvalue weighted by atomic mass is 19.1. The quantitative estimate of drug-likeness (QED) is 0.846. The summed E-state index contributed by atoms with van der Waals surface area (Å²) in [4.78, 5) is 12.8. The van der Waals surface area contributed by atoms with Crippen LogP contribution < -0.4 is 5.32 Å². The maximum Gasteiger partial charge on any atom is 0.230 e. The van der Waals surface area contributed by atoms with Crippen LogP contribution in [0.2, 0.25) is 0 Å². The molecule has 1 amide bonds. The predicted molar refractivity (Wildman–Crippen MR) is 78.3 cm³/mol. The van der Waals surface area contributed by atoms with E-state index in [-0.39, 0.29) is 24.4 Å². The molecule has 1 atom stereocenters. The van der Waals surface area contributed by atoms with E-state index in [4.69, 9.17) is 5.11 Å². The first-order chi connectivity index (χ1) is 10.2. The Morgan fingerprint density at radius 3 is 2.71 bits per heavy atom. The monoisotopic (exact) mass is 291 g/mol. The molecule has 2 aliphatic rings. The largest absolute Gasteiger partial charge is 0.396 e. The smallest absolute Gasteiger partial charge is 0.230 e. The first-order valence-corrected chi connectivity index (χ1v) is 7.83. The Hall–Kier alpha value is -1.42. The number of amides is 1. The molecule has 0 aromatic heterocycles. The summed E-state index contributed by atoms with van der Waals surface area (Å²) in [7, 11) is 0. The predicted octanol–water partition coefficient (Wildman–Crippen LogP) is 2.52. The van der Waals surface area contributed by atoms with Crippen LogP contribution in [-0.2, 0) is 10.2 Å². The fourth-order valence-electron chi connectivity index (χ4n) is 3.33. The summed E-state index contributed by atoms with van der Waals surface area (Å²) >= 11 is 0. The lowest BCUT2D eigenvalue weighted by Crippen LogP contribution is -2.52. The number of benzene rings is 1. The fraction of sp³-hybridized carbons (Fsp3) is 0.588. The second-order valence-corrected chi connectivity index (χ2v) is 6.38. The van der Waals surface area contributed by atoms with Crippen LogP contribution in [0.4, 0.5) is 4.39 Å². The highest BCUT2D eigenvalue weighted by molar-refractivity contribution is 5.89. The van der Waals surface area contributed by atoms with Crippen molar-refractivity contribution in [2.75, 3.05) is 6.61 Å². The zero-order valence-corrected chi connectivity index (χ0v) is 12.1. The average Bonchev–Trinajstić information content (AvgIpc) is 3.21. The van der Waals surface area contributed by atoms with Crippen molar-refractivity contribution < 1.29 is 14.3 Å². The van der Waals surface area contributed by atoms with Crippen molar-refractivity contribution in [2.24, 2.45) is 5.92 Å². The highest BCUT2D eigenvalue weighted by Gasteiger charge is 2.47. The summed E-state index contributed by atoms with van der Waals surface area (Å²) in [6, 6.07) is 6.47. The molecule has 2 saturated carbocycles. The lowest BCUT2D eigenvalue weighted by Gasteiger charge is -2.41. The number of rotatable bonds is 6. The fourth-order valence-corrected chi connectivity index (χ4v) is 3.33. The lowest BCUT2D eigenvalue weighted by molar-refractivity contribution is -0.131. The number of nitrogens with one attached hydrogen (secondary N) is 1. The Balaban J connectivity index is 1.77. The van der Waals surface area contributed by atoms with Crippen molar-refractivity contribution >= 4 is 5.91 Å². The summed E-state index contributed by atoms with van der Waals surface area (Å²) < 4.78 is 13.5. The van der Waals surface area contributed by atoms with Gasteiger partial charge >= 0.3 is 0 Å². The molecule has 0 aliphatic heterocycles. The van der Waals surface area contributed by atoms with Gasteiger partial charge in [-0.05, 0) is 55.7 Å². The van der Waals surface area contributed by atoms with Gasteiger partial charge in [0.2, 0.25) is 5.91 Å². The summed E-state index contributed by atoms with van der Waals surface area (Å²) in [6.07, 6.45) is 5.40. The van der Waals surface area contributed by atoms with E-state index in [0.717, 1.165) is 37.7 Å². The number of halogens is 1. The molecule has 0 spiro atoms. The third-order valence-corrected chi connectivity index (χ3v) is 4.97. The minimum Gasteiger partial charge on any atom is -0.396 e. The molecule has 0 saturated heterocycles. The van der Waals surface area contributed by atoms with Crippen molar-refractivity contribution in [1.82, 2.24) is 5.32 Å². The van der Waals surface area contributed by atoms with Crippen molar-refractivity contribution in [3.63, 3.8) is 0 Å². The average molecular weight is 291 g/mol. The normalized spacial score (nSPS) is 21.4. The van der Waals surface area contributed by atoms with Crippen molar-refractivity contribution in [2.45, 2.75) is 50.0 Å². The van der Waals surface area contributed by atoms with Crippen LogP contribution in [0, 0.1) is 11.7 Å². The zero-order chi connectivity index (χ0) is 14.9. The molecule has 4 heteroatoms. The Labute approximate surface area is 124 Å². The van der Waals surface area contributed by atoms with E-state index in [1.807, 2.05) is 6.07 Å². The van der Waals surface area contributed by atoms with E-state index < -0.39 is 5.41 Å². The Morgan fingerprint density at radius 2 is 2.19 bits per heavy atom. The van der Waals surface area contributed by atoms with E-state index >= 15 is 0 Å². The number of hydrogen-bond acceptors (Lipinski definition) is 2. The molecule has 3 nitrogen and oxygen atoms in total. The zero-order valence-electron chi connectivity index (χ0n) is 12.1. The van der Waals surface area contributed by atoms with Gasteiger partial charge in [-0.15, -0.1) is 0 Å².